The summed E-state index contributed by atoms with van der Waals surface area (Å²) in [5.41, 5.74) is 2.58. The smallest absolute Gasteiger partial charge is 0.410 e. The number of fused-ring (bicyclic) bond motifs is 2. The van der Waals surface area contributed by atoms with Crippen LogP contribution in [0.25, 0.3) is 20.8 Å². The second-order valence-corrected chi connectivity index (χ2v) is 14.6. The number of hydrogen-bond acceptors (Lipinski definition) is 7. The van der Waals surface area contributed by atoms with Crippen LogP contribution in [0.2, 0.25) is 0 Å². The number of anilines is 1. The van der Waals surface area contributed by atoms with E-state index in [4.69, 9.17) is 9.72 Å². The Labute approximate surface area is 240 Å². The fraction of sp³-hybridized carbons (Fsp3) is 0.536. The van der Waals surface area contributed by atoms with Crippen LogP contribution in [-0.2, 0) is 22.5 Å². The van der Waals surface area contributed by atoms with Crippen LogP contribution in [0, 0.1) is 5.92 Å². The first-order valence-electron chi connectivity index (χ1n) is 13.2. The quantitative estimate of drug-likeness (QED) is 0.316. The maximum Gasteiger partial charge on any atom is 0.410 e. The lowest BCUT2D eigenvalue weighted by Crippen LogP contribution is -2.39. The molecule has 1 fully saturated rings. The van der Waals surface area contributed by atoms with Crippen molar-refractivity contribution in [2.45, 2.75) is 84.5 Å². The molecule has 0 radical (unpaired) electrons. The highest BCUT2D eigenvalue weighted by molar-refractivity contribution is 9.10. The fourth-order valence-electron chi connectivity index (χ4n) is 5.26. The van der Waals surface area contributed by atoms with E-state index in [0.29, 0.717) is 31.6 Å². The number of thiazole rings is 1. The summed E-state index contributed by atoms with van der Waals surface area (Å²) in [6.07, 6.45) is 3.15. The molecule has 2 aliphatic rings. The molecule has 204 valence electrons. The van der Waals surface area contributed by atoms with Crippen LogP contribution in [0.5, 0.6) is 0 Å². The summed E-state index contributed by atoms with van der Waals surface area (Å²) in [5, 5.41) is 8.62. The van der Waals surface area contributed by atoms with Crippen LogP contribution in [0.15, 0.2) is 22.7 Å². The molecule has 5 rings (SSSR count). The highest BCUT2D eigenvalue weighted by Gasteiger charge is 2.34. The van der Waals surface area contributed by atoms with Gasteiger partial charge in [-0.3, -0.25) is 4.79 Å². The average molecular weight is 620 g/mol. The second-order valence-electron chi connectivity index (χ2n) is 11.5. The highest BCUT2D eigenvalue weighted by atomic mass is 79.9. The summed E-state index contributed by atoms with van der Waals surface area (Å²) in [7, 11) is 0. The van der Waals surface area contributed by atoms with Crippen LogP contribution >= 0.6 is 38.6 Å². The number of aromatic nitrogens is 1. The minimum atomic E-state index is -0.546. The van der Waals surface area contributed by atoms with Crippen molar-refractivity contribution in [3.8, 4) is 10.6 Å². The number of amides is 2. The monoisotopic (exact) mass is 618 g/mol. The Bertz CT molecular complexity index is 1360. The van der Waals surface area contributed by atoms with Crippen LogP contribution in [0.3, 0.4) is 0 Å². The van der Waals surface area contributed by atoms with Crippen molar-refractivity contribution in [2.75, 3.05) is 11.9 Å². The number of carbonyl (C=O) groups is 2. The Morgan fingerprint density at radius 3 is 2.74 bits per heavy atom. The molecule has 1 saturated carbocycles. The number of halogens is 1. The van der Waals surface area contributed by atoms with Gasteiger partial charge in [-0.2, -0.15) is 0 Å². The average Bonchev–Trinajstić information content (AvgIpc) is 3.53. The Balaban J connectivity index is 1.45. The maximum atomic E-state index is 13.4. The number of nitrogens with one attached hydrogen (secondary N) is 2. The molecule has 0 spiro atoms. The van der Waals surface area contributed by atoms with Gasteiger partial charge in [-0.15, -0.1) is 22.7 Å². The SMILES string of the molecule is CC(C)NC1CCC(C(=O)Nc2sc3c(c2-c2nc4ccc(Br)cc4s2)CCN(C(=O)OC(C)(C)C)C3)C1. The first-order valence-corrected chi connectivity index (χ1v) is 15.7. The molecule has 2 amide bonds. The number of benzene rings is 1. The highest BCUT2D eigenvalue weighted by Crippen LogP contribution is 2.46. The molecular formula is C28H35BrN4O3S2. The van der Waals surface area contributed by atoms with Gasteiger partial charge in [-0.1, -0.05) is 29.8 Å². The third kappa shape index (κ3) is 6.08. The van der Waals surface area contributed by atoms with Gasteiger partial charge in [0.1, 0.15) is 15.6 Å². The summed E-state index contributed by atoms with van der Waals surface area (Å²) in [6.45, 7) is 11.0. The van der Waals surface area contributed by atoms with Crippen molar-refractivity contribution in [2.24, 2.45) is 5.92 Å². The Morgan fingerprint density at radius 1 is 1.21 bits per heavy atom. The zero-order valence-electron chi connectivity index (χ0n) is 22.5. The van der Waals surface area contributed by atoms with Crippen molar-refractivity contribution >= 4 is 65.8 Å². The van der Waals surface area contributed by atoms with E-state index in [0.717, 1.165) is 54.4 Å². The van der Waals surface area contributed by atoms with Gasteiger partial charge in [-0.25, -0.2) is 9.78 Å². The van der Waals surface area contributed by atoms with Crippen molar-refractivity contribution in [1.82, 2.24) is 15.2 Å². The van der Waals surface area contributed by atoms with Gasteiger partial charge < -0.3 is 20.3 Å². The predicted molar refractivity (Wildman–Crippen MR) is 159 cm³/mol. The molecule has 1 aliphatic carbocycles. The van der Waals surface area contributed by atoms with E-state index in [2.05, 4.69) is 46.5 Å². The number of ether oxygens (including phenoxy) is 1. The van der Waals surface area contributed by atoms with E-state index < -0.39 is 5.60 Å². The molecule has 2 aromatic heterocycles. The van der Waals surface area contributed by atoms with Crippen molar-refractivity contribution in [3.05, 3.63) is 33.1 Å². The maximum absolute atomic E-state index is 13.4. The van der Waals surface area contributed by atoms with Crippen molar-refractivity contribution in [1.29, 1.82) is 0 Å². The van der Waals surface area contributed by atoms with Gasteiger partial charge in [0.2, 0.25) is 5.91 Å². The molecule has 1 aliphatic heterocycles. The molecule has 7 nitrogen and oxygen atoms in total. The number of nitrogens with zero attached hydrogens (tertiary/aromatic N) is 2. The van der Waals surface area contributed by atoms with Gasteiger partial charge >= 0.3 is 6.09 Å². The van der Waals surface area contributed by atoms with Gasteiger partial charge in [0.15, 0.2) is 0 Å². The third-order valence-corrected chi connectivity index (χ3v) is 9.54. The van der Waals surface area contributed by atoms with Crippen LogP contribution in [0.4, 0.5) is 9.80 Å². The van der Waals surface area contributed by atoms with Crippen molar-refractivity contribution in [3.63, 3.8) is 0 Å². The predicted octanol–water partition coefficient (Wildman–Crippen LogP) is 7.19. The van der Waals surface area contributed by atoms with Crippen molar-refractivity contribution < 1.29 is 14.3 Å². The molecular weight excluding hydrogens is 584 g/mol. The largest absolute Gasteiger partial charge is 0.444 e. The molecule has 3 heterocycles. The Hall–Kier alpha value is -2.01. The Morgan fingerprint density at radius 2 is 2.00 bits per heavy atom. The van der Waals surface area contributed by atoms with E-state index in [-0.39, 0.29) is 17.9 Å². The second kappa shape index (κ2) is 10.9. The lowest BCUT2D eigenvalue weighted by Gasteiger charge is -2.30. The molecule has 3 aromatic rings. The normalized spacial score (nSPS) is 19.7. The van der Waals surface area contributed by atoms with Crippen LogP contribution in [-0.4, -0.2) is 46.1 Å². The standard InChI is InChI=1S/C28H35BrN4O3S2/c1-15(2)30-18-8-6-16(12-18)24(34)32-26-23(25-31-20-9-7-17(29)13-21(20)37-25)19-10-11-33(14-22(19)38-26)27(35)36-28(3,4)5/h7,9,13,15-16,18,30H,6,8,10-12,14H2,1-5H3,(H,32,34). The van der Waals surface area contributed by atoms with E-state index >= 15 is 0 Å². The number of carbonyl (C=O) groups excluding carboxylic acids is 2. The molecule has 1 aromatic carbocycles. The van der Waals surface area contributed by atoms with E-state index in [1.807, 2.05) is 32.9 Å². The molecule has 0 saturated heterocycles. The summed E-state index contributed by atoms with van der Waals surface area (Å²) in [5.74, 6) is 0.0635. The minimum absolute atomic E-state index is 0.0113. The van der Waals surface area contributed by atoms with E-state index in [9.17, 15) is 9.59 Å². The zero-order valence-corrected chi connectivity index (χ0v) is 25.7. The minimum Gasteiger partial charge on any atom is -0.444 e. The molecule has 0 bridgehead atoms. The number of rotatable bonds is 5. The lowest BCUT2D eigenvalue weighted by atomic mass is 10.0. The van der Waals surface area contributed by atoms with Gasteiger partial charge in [-0.05, 0) is 70.2 Å². The Kier molecular flexibility index (Phi) is 7.88. The first-order chi connectivity index (χ1) is 18.0. The van der Waals surface area contributed by atoms with E-state index in [1.165, 1.54) is 5.56 Å². The third-order valence-electron chi connectivity index (χ3n) is 6.88. The first kappa shape index (κ1) is 27.6. The molecule has 2 N–H and O–H groups in total. The molecule has 2 atom stereocenters. The van der Waals surface area contributed by atoms with Crippen LogP contribution in [0.1, 0.15) is 64.3 Å². The summed E-state index contributed by atoms with van der Waals surface area (Å²) in [4.78, 5) is 34.1. The molecule has 2 unspecified atom stereocenters. The van der Waals surface area contributed by atoms with Crippen LogP contribution < -0.4 is 10.6 Å². The lowest BCUT2D eigenvalue weighted by molar-refractivity contribution is -0.119. The summed E-state index contributed by atoms with van der Waals surface area (Å²) >= 11 is 6.77. The van der Waals surface area contributed by atoms with Gasteiger partial charge in [0, 0.05) is 39.5 Å². The van der Waals surface area contributed by atoms with E-state index in [1.54, 1.807) is 27.6 Å². The molecule has 38 heavy (non-hydrogen) atoms. The zero-order chi connectivity index (χ0) is 27.2. The van der Waals surface area contributed by atoms with Gasteiger partial charge in [0.05, 0.1) is 16.8 Å². The fourth-order valence-corrected chi connectivity index (χ4v) is 8.19. The topological polar surface area (TPSA) is 83.6 Å². The number of hydrogen-bond donors (Lipinski definition) is 2. The summed E-state index contributed by atoms with van der Waals surface area (Å²) < 4.78 is 7.74. The van der Waals surface area contributed by atoms with Gasteiger partial charge in [0.25, 0.3) is 0 Å². The summed E-state index contributed by atoms with van der Waals surface area (Å²) in [6, 6.07) is 6.88. The molecule has 10 heteroatoms. The number of thiophene rings is 1.